The van der Waals surface area contributed by atoms with Gasteiger partial charge < -0.3 is 4.42 Å². The van der Waals surface area contributed by atoms with E-state index < -0.39 is 10.0 Å². The summed E-state index contributed by atoms with van der Waals surface area (Å²) >= 11 is 1.66. The Morgan fingerprint density at radius 2 is 1.79 bits per heavy atom. The van der Waals surface area contributed by atoms with E-state index in [0.29, 0.717) is 11.5 Å². The summed E-state index contributed by atoms with van der Waals surface area (Å²) in [4.78, 5) is 1.19. The second kappa shape index (κ2) is 6.94. The fourth-order valence-electron chi connectivity index (χ4n) is 2.13. The maximum atomic E-state index is 12.1. The third-order valence-electron chi connectivity index (χ3n) is 3.80. The average Bonchev–Trinajstić information content (AvgIpc) is 2.94. The van der Waals surface area contributed by atoms with Crippen LogP contribution in [0.3, 0.4) is 0 Å². The summed E-state index contributed by atoms with van der Waals surface area (Å²) in [5, 5.41) is -0.0109. The molecule has 0 spiro atoms. The lowest BCUT2D eigenvalue weighted by atomic mass is 9.87. The number of thioether (sulfide) groups is 1. The van der Waals surface area contributed by atoms with Crippen LogP contribution in [0.15, 0.2) is 44.7 Å². The van der Waals surface area contributed by atoms with E-state index in [9.17, 15) is 8.42 Å². The van der Waals surface area contributed by atoms with Crippen LogP contribution in [0.4, 0.5) is 0 Å². The molecule has 0 unspecified atom stereocenters. The minimum absolute atomic E-state index is 0.0109. The lowest BCUT2D eigenvalue weighted by Crippen LogP contribution is -2.21. The van der Waals surface area contributed by atoms with Gasteiger partial charge in [0.05, 0.1) is 5.75 Å². The van der Waals surface area contributed by atoms with E-state index in [1.807, 2.05) is 0 Å². The van der Waals surface area contributed by atoms with Gasteiger partial charge in [0.15, 0.2) is 0 Å². The highest BCUT2D eigenvalue weighted by Gasteiger charge is 2.21. The SMILES string of the molecule is Cc1ccc(C(C)(C)C)cc1SCc1ccc(S(=O)(=O)N(C)C)o1. The van der Waals surface area contributed by atoms with Crippen LogP contribution < -0.4 is 0 Å². The van der Waals surface area contributed by atoms with Gasteiger partial charge >= 0.3 is 0 Å². The molecule has 2 aromatic rings. The van der Waals surface area contributed by atoms with Crippen molar-refractivity contribution in [3.8, 4) is 0 Å². The molecule has 0 aliphatic rings. The Balaban J connectivity index is 2.16. The van der Waals surface area contributed by atoms with Crippen LogP contribution in [0, 0.1) is 6.92 Å². The van der Waals surface area contributed by atoms with Gasteiger partial charge in [0.2, 0.25) is 5.09 Å². The summed E-state index contributed by atoms with van der Waals surface area (Å²) in [6.07, 6.45) is 0. The molecule has 0 bridgehead atoms. The van der Waals surface area contributed by atoms with Gasteiger partial charge in [0.1, 0.15) is 5.76 Å². The van der Waals surface area contributed by atoms with Crippen molar-refractivity contribution in [1.29, 1.82) is 0 Å². The molecule has 1 heterocycles. The normalized spacial score (nSPS) is 12.8. The first-order chi connectivity index (χ1) is 11.0. The molecule has 0 amide bonds. The summed E-state index contributed by atoms with van der Waals surface area (Å²) in [5.41, 5.74) is 2.59. The number of aryl methyl sites for hydroxylation is 1. The van der Waals surface area contributed by atoms with Gasteiger partial charge in [-0.2, -0.15) is 0 Å². The van der Waals surface area contributed by atoms with Crippen molar-refractivity contribution in [2.24, 2.45) is 0 Å². The zero-order valence-electron chi connectivity index (χ0n) is 15.1. The Hall–Kier alpha value is -1.24. The quantitative estimate of drug-likeness (QED) is 0.734. The zero-order chi connectivity index (χ0) is 18.1. The molecule has 0 aliphatic carbocycles. The van der Waals surface area contributed by atoms with Gasteiger partial charge in [-0.05, 0) is 41.7 Å². The standard InChI is InChI=1S/C18H25NO3S2/c1-13-7-8-14(18(2,3)4)11-16(13)23-12-15-9-10-17(22-15)24(20,21)19(5)6/h7-11H,12H2,1-6H3. The monoisotopic (exact) mass is 367 g/mol. The number of benzene rings is 1. The van der Waals surface area contributed by atoms with Crippen molar-refractivity contribution in [3.05, 3.63) is 47.2 Å². The first-order valence-corrected chi connectivity index (χ1v) is 10.2. The minimum atomic E-state index is -3.52. The largest absolute Gasteiger partial charge is 0.447 e. The van der Waals surface area contributed by atoms with E-state index in [1.54, 1.807) is 17.8 Å². The van der Waals surface area contributed by atoms with Crippen molar-refractivity contribution in [1.82, 2.24) is 4.31 Å². The van der Waals surface area contributed by atoms with E-state index in [4.69, 9.17) is 4.42 Å². The van der Waals surface area contributed by atoms with Gasteiger partial charge in [-0.1, -0.05) is 32.9 Å². The van der Waals surface area contributed by atoms with Gasteiger partial charge in [-0.15, -0.1) is 11.8 Å². The van der Waals surface area contributed by atoms with Crippen LogP contribution in [0.1, 0.15) is 37.7 Å². The number of nitrogens with zero attached hydrogens (tertiary/aromatic N) is 1. The van der Waals surface area contributed by atoms with Crippen molar-refractivity contribution in [3.63, 3.8) is 0 Å². The van der Waals surface area contributed by atoms with Crippen LogP contribution in [0.25, 0.3) is 0 Å². The Morgan fingerprint density at radius 1 is 1.12 bits per heavy atom. The number of furan rings is 1. The average molecular weight is 368 g/mol. The molecule has 0 atom stereocenters. The van der Waals surface area contributed by atoms with Crippen LogP contribution in [-0.4, -0.2) is 26.8 Å². The first kappa shape index (κ1) is 19.1. The molecule has 0 fully saturated rings. The topological polar surface area (TPSA) is 50.5 Å². The van der Waals surface area contributed by atoms with Crippen LogP contribution >= 0.6 is 11.8 Å². The molecule has 1 aromatic carbocycles. The lowest BCUT2D eigenvalue weighted by Gasteiger charge is -2.20. The molecule has 0 saturated carbocycles. The second-order valence-electron chi connectivity index (χ2n) is 7.03. The van der Waals surface area contributed by atoms with Gasteiger partial charge in [0, 0.05) is 19.0 Å². The molecule has 132 valence electrons. The molecule has 0 saturated heterocycles. The van der Waals surface area contributed by atoms with Crippen LogP contribution in [0.5, 0.6) is 0 Å². The van der Waals surface area contributed by atoms with Crippen molar-refractivity contribution in [2.75, 3.05) is 14.1 Å². The van der Waals surface area contributed by atoms with E-state index >= 15 is 0 Å². The van der Waals surface area contributed by atoms with E-state index in [0.717, 1.165) is 4.31 Å². The highest BCUT2D eigenvalue weighted by Crippen LogP contribution is 2.32. The van der Waals surface area contributed by atoms with Gasteiger partial charge in [0.25, 0.3) is 10.0 Å². The third-order valence-corrected chi connectivity index (χ3v) is 6.67. The summed E-state index contributed by atoms with van der Waals surface area (Å²) in [6, 6.07) is 9.75. The predicted molar refractivity (Wildman–Crippen MR) is 99.0 cm³/mol. The smallest absolute Gasteiger partial charge is 0.275 e. The number of hydrogen-bond donors (Lipinski definition) is 0. The minimum Gasteiger partial charge on any atom is -0.447 e. The molecule has 6 heteroatoms. The van der Waals surface area contributed by atoms with E-state index in [2.05, 4.69) is 45.9 Å². The number of sulfonamides is 1. The van der Waals surface area contributed by atoms with Crippen LogP contribution in [0.2, 0.25) is 0 Å². The first-order valence-electron chi connectivity index (χ1n) is 7.77. The third kappa shape index (κ3) is 4.23. The Kier molecular flexibility index (Phi) is 5.52. The van der Waals surface area contributed by atoms with Gasteiger partial charge in [-0.25, -0.2) is 12.7 Å². The Morgan fingerprint density at radius 3 is 2.38 bits per heavy atom. The van der Waals surface area contributed by atoms with Crippen molar-refractivity contribution >= 4 is 21.8 Å². The fourth-order valence-corrected chi connectivity index (χ4v) is 3.90. The molecular formula is C18H25NO3S2. The Bertz CT molecular complexity index is 815. The fraction of sp³-hybridized carbons (Fsp3) is 0.444. The number of rotatable bonds is 5. The van der Waals surface area contributed by atoms with E-state index in [-0.39, 0.29) is 10.5 Å². The molecule has 2 rings (SSSR count). The molecule has 4 nitrogen and oxygen atoms in total. The molecule has 24 heavy (non-hydrogen) atoms. The zero-order valence-corrected chi connectivity index (χ0v) is 16.7. The lowest BCUT2D eigenvalue weighted by molar-refractivity contribution is 0.408. The molecule has 1 aromatic heterocycles. The highest BCUT2D eigenvalue weighted by atomic mass is 32.2. The maximum Gasteiger partial charge on any atom is 0.275 e. The van der Waals surface area contributed by atoms with Crippen molar-refractivity contribution < 1.29 is 12.8 Å². The summed E-state index contributed by atoms with van der Waals surface area (Å²) in [5.74, 6) is 1.25. The molecule has 0 radical (unpaired) electrons. The van der Waals surface area contributed by atoms with Crippen LogP contribution in [-0.2, 0) is 21.2 Å². The summed E-state index contributed by atoms with van der Waals surface area (Å²) in [7, 11) is -0.528. The second-order valence-corrected chi connectivity index (χ2v) is 10.1. The van der Waals surface area contributed by atoms with Crippen molar-refractivity contribution in [2.45, 2.75) is 48.9 Å². The molecule has 0 N–H and O–H groups in total. The van der Waals surface area contributed by atoms with E-state index in [1.165, 1.54) is 36.2 Å². The summed E-state index contributed by atoms with van der Waals surface area (Å²) < 4.78 is 30.8. The number of hydrogen-bond acceptors (Lipinski definition) is 4. The maximum absolute atomic E-state index is 12.1. The Labute approximate surface area is 149 Å². The summed E-state index contributed by atoms with van der Waals surface area (Å²) in [6.45, 7) is 8.66. The molecular weight excluding hydrogens is 342 g/mol. The van der Waals surface area contributed by atoms with Gasteiger partial charge in [-0.3, -0.25) is 0 Å². The predicted octanol–water partition coefficient (Wildman–Crippen LogP) is 4.43. The molecule has 0 aliphatic heterocycles. The highest BCUT2D eigenvalue weighted by molar-refractivity contribution is 7.98.